The molecule has 7 nitrogen and oxygen atoms in total. The largest absolute Gasteiger partial charge is 0.496 e. The van der Waals surface area contributed by atoms with Crippen LogP contribution in [0, 0.1) is 0 Å². The van der Waals surface area contributed by atoms with Crippen molar-refractivity contribution in [1.29, 1.82) is 0 Å². The molecular formula is C20H22ClNO6. The van der Waals surface area contributed by atoms with Crippen LogP contribution in [0.4, 0.5) is 0 Å². The number of ether oxygens (including phenoxy) is 4. The zero-order valence-corrected chi connectivity index (χ0v) is 16.7. The van der Waals surface area contributed by atoms with Gasteiger partial charge in [-0.2, -0.15) is 0 Å². The highest BCUT2D eigenvalue weighted by Crippen LogP contribution is 2.34. The van der Waals surface area contributed by atoms with Gasteiger partial charge in [0.05, 0.1) is 21.3 Å². The van der Waals surface area contributed by atoms with Crippen LogP contribution in [-0.2, 0) is 16.0 Å². The first-order valence-corrected chi connectivity index (χ1v) is 8.84. The van der Waals surface area contributed by atoms with Gasteiger partial charge in [0.15, 0.2) is 18.1 Å². The molecule has 2 aromatic carbocycles. The Kier molecular flexibility index (Phi) is 7.95. The minimum absolute atomic E-state index is 0.133. The molecule has 0 saturated carbocycles. The topological polar surface area (TPSA) is 83.1 Å². The summed E-state index contributed by atoms with van der Waals surface area (Å²) in [4.78, 5) is 24.2. The van der Waals surface area contributed by atoms with Gasteiger partial charge in [-0.1, -0.05) is 23.7 Å². The Morgan fingerprint density at radius 2 is 1.54 bits per heavy atom. The number of methoxy groups -OCH3 is 3. The van der Waals surface area contributed by atoms with Gasteiger partial charge in [-0.25, -0.2) is 4.79 Å². The maximum absolute atomic E-state index is 12.3. The fraction of sp³-hybridized carbons (Fsp3) is 0.300. The fourth-order valence-corrected chi connectivity index (χ4v) is 2.57. The standard InChI is InChI=1S/C20H22ClNO6/c1-25-16-11-18(27-3)17(26-2)10-15(16)20(24)28-12-19(23)22-9-8-13-4-6-14(21)7-5-13/h4-7,10-11H,8-9,12H2,1-3H3,(H,22,23). The van der Waals surface area contributed by atoms with Gasteiger partial charge in [-0.15, -0.1) is 0 Å². The van der Waals surface area contributed by atoms with Crippen LogP contribution < -0.4 is 19.5 Å². The number of benzene rings is 2. The van der Waals surface area contributed by atoms with Gasteiger partial charge in [0.25, 0.3) is 5.91 Å². The molecule has 150 valence electrons. The molecule has 8 heteroatoms. The molecule has 0 aliphatic carbocycles. The van der Waals surface area contributed by atoms with E-state index in [2.05, 4.69) is 5.32 Å². The highest BCUT2D eigenvalue weighted by Gasteiger charge is 2.19. The smallest absolute Gasteiger partial charge is 0.342 e. The minimum atomic E-state index is -0.703. The summed E-state index contributed by atoms with van der Waals surface area (Å²) in [6, 6.07) is 10.3. The molecule has 0 aromatic heterocycles. The van der Waals surface area contributed by atoms with E-state index in [0.29, 0.717) is 29.5 Å². The Labute approximate surface area is 168 Å². The Hall–Kier alpha value is -2.93. The Morgan fingerprint density at radius 3 is 2.14 bits per heavy atom. The number of rotatable bonds is 9. The number of esters is 1. The second-order valence-electron chi connectivity index (χ2n) is 5.71. The number of halogens is 1. The number of nitrogens with one attached hydrogen (secondary N) is 1. The number of carbonyl (C=O) groups is 2. The van der Waals surface area contributed by atoms with Gasteiger partial charge in [-0.3, -0.25) is 4.79 Å². The lowest BCUT2D eigenvalue weighted by Gasteiger charge is -2.13. The predicted molar refractivity (Wildman–Crippen MR) is 105 cm³/mol. The molecule has 0 radical (unpaired) electrons. The highest BCUT2D eigenvalue weighted by atomic mass is 35.5. The molecule has 2 rings (SSSR count). The van der Waals surface area contributed by atoms with Crippen molar-refractivity contribution >= 4 is 23.5 Å². The summed E-state index contributed by atoms with van der Waals surface area (Å²) in [6.07, 6.45) is 0.639. The number of hydrogen-bond acceptors (Lipinski definition) is 6. The van der Waals surface area contributed by atoms with Crippen LogP contribution in [0.1, 0.15) is 15.9 Å². The first kappa shape index (κ1) is 21.4. The second kappa shape index (κ2) is 10.4. The van der Waals surface area contributed by atoms with E-state index in [1.165, 1.54) is 33.5 Å². The molecule has 2 aromatic rings. The maximum Gasteiger partial charge on any atom is 0.342 e. The quantitative estimate of drug-likeness (QED) is 0.643. The maximum atomic E-state index is 12.3. The Morgan fingerprint density at radius 1 is 0.929 bits per heavy atom. The number of amides is 1. The molecule has 0 bridgehead atoms. The van der Waals surface area contributed by atoms with E-state index in [0.717, 1.165) is 5.56 Å². The number of carbonyl (C=O) groups excluding carboxylic acids is 2. The summed E-state index contributed by atoms with van der Waals surface area (Å²) in [7, 11) is 4.35. The molecule has 0 atom stereocenters. The average molecular weight is 408 g/mol. The van der Waals surface area contributed by atoms with Gasteiger partial charge in [0.2, 0.25) is 0 Å². The van der Waals surface area contributed by atoms with Crippen molar-refractivity contribution in [2.45, 2.75) is 6.42 Å². The predicted octanol–water partition coefficient (Wildman–Crippen LogP) is 2.88. The summed E-state index contributed by atoms with van der Waals surface area (Å²) in [5, 5.41) is 3.35. The van der Waals surface area contributed by atoms with Gasteiger partial charge < -0.3 is 24.3 Å². The molecular weight excluding hydrogens is 386 g/mol. The van der Waals surface area contributed by atoms with Crippen LogP contribution >= 0.6 is 11.6 Å². The monoisotopic (exact) mass is 407 g/mol. The first-order chi connectivity index (χ1) is 13.5. The summed E-state index contributed by atoms with van der Waals surface area (Å²) in [5.74, 6) is -0.0864. The normalized spacial score (nSPS) is 10.1. The first-order valence-electron chi connectivity index (χ1n) is 8.46. The van der Waals surface area contributed by atoms with Crippen LogP contribution in [0.25, 0.3) is 0 Å². The van der Waals surface area contributed by atoms with E-state index < -0.39 is 18.5 Å². The Balaban J connectivity index is 1.88. The van der Waals surface area contributed by atoms with Crippen LogP contribution in [0.5, 0.6) is 17.2 Å². The zero-order chi connectivity index (χ0) is 20.5. The molecule has 0 heterocycles. The molecule has 0 spiro atoms. The molecule has 0 saturated heterocycles. The SMILES string of the molecule is COc1cc(OC)c(C(=O)OCC(=O)NCCc2ccc(Cl)cc2)cc1OC. The van der Waals surface area contributed by atoms with Gasteiger partial charge in [0.1, 0.15) is 11.3 Å². The lowest BCUT2D eigenvalue weighted by molar-refractivity contribution is -0.124. The Bertz CT molecular complexity index is 822. The third kappa shape index (κ3) is 5.79. The van der Waals surface area contributed by atoms with E-state index >= 15 is 0 Å². The van der Waals surface area contributed by atoms with Crippen molar-refractivity contribution in [1.82, 2.24) is 5.32 Å². The fourth-order valence-electron chi connectivity index (χ4n) is 2.45. The van der Waals surface area contributed by atoms with E-state index in [1.807, 2.05) is 12.1 Å². The van der Waals surface area contributed by atoms with E-state index in [9.17, 15) is 9.59 Å². The second-order valence-corrected chi connectivity index (χ2v) is 6.15. The van der Waals surface area contributed by atoms with Crippen molar-refractivity contribution in [3.8, 4) is 17.2 Å². The van der Waals surface area contributed by atoms with Crippen molar-refractivity contribution in [3.05, 3.63) is 52.5 Å². The minimum Gasteiger partial charge on any atom is -0.496 e. The highest BCUT2D eigenvalue weighted by molar-refractivity contribution is 6.30. The van der Waals surface area contributed by atoms with Gasteiger partial charge in [-0.05, 0) is 24.1 Å². The van der Waals surface area contributed by atoms with E-state index in [1.54, 1.807) is 12.1 Å². The van der Waals surface area contributed by atoms with E-state index in [-0.39, 0.29) is 11.3 Å². The van der Waals surface area contributed by atoms with Gasteiger partial charge in [0, 0.05) is 23.7 Å². The summed E-state index contributed by atoms with van der Waals surface area (Å²) >= 11 is 5.83. The molecule has 1 amide bonds. The molecule has 0 unspecified atom stereocenters. The lowest BCUT2D eigenvalue weighted by Crippen LogP contribution is -2.30. The lowest BCUT2D eigenvalue weighted by atomic mass is 10.1. The van der Waals surface area contributed by atoms with Crippen molar-refractivity contribution < 1.29 is 28.5 Å². The van der Waals surface area contributed by atoms with Crippen molar-refractivity contribution in [2.24, 2.45) is 0 Å². The van der Waals surface area contributed by atoms with Crippen molar-refractivity contribution in [2.75, 3.05) is 34.5 Å². The van der Waals surface area contributed by atoms with E-state index in [4.69, 9.17) is 30.5 Å². The average Bonchev–Trinajstić information content (AvgIpc) is 2.72. The molecule has 0 aliphatic rings. The summed E-state index contributed by atoms with van der Waals surface area (Å²) in [5.41, 5.74) is 1.17. The van der Waals surface area contributed by atoms with Crippen LogP contribution in [0.2, 0.25) is 5.02 Å². The van der Waals surface area contributed by atoms with Gasteiger partial charge >= 0.3 is 5.97 Å². The van der Waals surface area contributed by atoms with Crippen LogP contribution in [-0.4, -0.2) is 46.4 Å². The molecule has 0 fully saturated rings. The summed E-state index contributed by atoms with van der Waals surface area (Å²) in [6.45, 7) is 0.00858. The van der Waals surface area contributed by atoms with Crippen LogP contribution in [0.3, 0.4) is 0 Å². The molecule has 0 aliphatic heterocycles. The van der Waals surface area contributed by atoms with Crippen molar-refractivity contribution in [3.63, 3.8) is 0 Å². The third-order valence-electron chi connectivity index (χ3n) is 3.91. The van der Waals surface area contributed by atoms with Crippen LogP contribution in [0.15, 0.2) is 36.4 Å². The number of hydrogen-bond donors (Lipinski definition) is 1. The zero-order valence-electron chi connectivity index (χ0n) is 15.9. The molecule has 1 N–H and O–H groups in total. The molecule has 28 heavy (non-hydrogen) atoms. The third-order valence-corrected chi connectivity index (χ3v) is 4.16. The summed E-state index contributed by atoms with van der Waals surface area (Å²) < 4.78 is 20.6.